The van der Waals surface area contributed by atoms with Gasteiger partial charge in [0.2, 0.25) is 0 Å². The lowest BCUT2D eigenvalue weighted by Gasteiger charge is -2.13. The van der Waals surface area contributed by atoms with E-state index >= 15 is 0 Å². The van der Waals surface area contributed by atoms with Crippen molar-refractivity contribution >= 4 is 17.5 Å². The van der Waals surface area contributed by atoms with Crippen molar-refractivity contribution < 1.29 is 9.59 Å². The summed E-state index contributed by atoms with van der Waals surface area (Å²) in [5.41, 5.74) is 6.40. The first kappa shape index (κ1) is 9.45. The van der Waals surface area contributed by atoms with Crippen molar-refractivity contribution in [3.63, 3.8) is 0 Å². The van der Waals surface area contributed by atoms with E-state index in [1.807, 2.05) is 6.07 Å². The minimum absolute atomic E-state index is 0.0313. The van der Waals surface area contributed by atoms with Crippen LogP contribution in [0.5, 0.6) is 0 Å². The molecular weight excluding hydrogens is 192 g/mol. The molecule has 0 bridgehead atoms. The van der Waals surface area contributed by atoms with Crippen molar-refractivity contribution in [3.05, 3.63) is 41.6 Å². The normalized spacial score (nSPS) is 16.5. The summed E-state index contributed by atoms with van der Waals surface area (Å²) in [5, 5.41) is 0. The zero-order chi connectivity index (χ0) is 11.0. The van der Waals surface area contributed by atoms with Crippen LogP contribution < -0.4 is 10.6 Å². The van der Waals surface area contributed by atoms with Crippen LogP contribution in [-0.4, -0.2) is 11.8 Å². The van der Waals surface area contributed by atoms with Crippen molar-refractivity contribution in [2.24, 2.45) is 5.73 Å². The highest BCUT2D eigenvalue weighted by atomic mass is 16.2. The lowest BCUT2D eigenvalue weighted by Crippen LogP contribution is -2.32. The van der Waals surface area contributed by atoms with Crippen LogP contribution in [0.25, 0.3) is 0 Å². The standard InChI is InChI=1S/C11H10N2O2/c1-7-9(12)11(15)13(10(7)14)8-5-3-2-4-6-8/h2-6H,12H2,1H3. The van der Waals surface area contributed by atoms with Crippen LogP contribution in [0, 0.1) is 0 Å². The summed E-state index contributed by atoms with van der Waals surface area (Å²) in [6.07, 6.45) is 0. The number of amides is 2. The van der Waals surface area contributed by atoms with E-state index in [9.17, 15) is 9.59 Å². The van der Waals surface area contributed by atoms with E-state index in [0.717, 1.165) is 4.90 Å². The molecule has 0 aromatic heterocycles. The smallest absolute Gasteiger partial charge is 0.281 e. The van der Waals surface area contributed by atoms with Crippen molar-refractivity contribution in [2.45, 2.75) is 6.92 Å². The fraction of sp³-hybridized carbons (Fsp3) is 0.0909. The number of carbonyl (C=O) groups is 2. The second-order valence-corrected chi connectivity index (χ2v) is 3.32. The van der Waals surface area contributed by atoms with Gasteiger partial charge in [0, 0.05) is 5.57 Å². The number of anilines is 1. The molecule has 4 nitrogen and oxygen atoms in total. The zero-order valence-corrected chi connectivity index (χ0v) is 8.23. The van der Waals surface area contributed by atoms with Crippen LogP contribution in [0.15, 0.2) is 41.6 Å². The Bertz CT molecular complexity index is 439. The highest BCUT2D eigenvalue weighted by Crippen LogP contribution is 2.23. The predicted octanol–water partition coefficient (Wildman–Crippen LogP) is 0.793. The van der Waals surface area contributed by atoms with Crippen LogP contribution in [-0.2, 0) is 9.59 Å². The first-order chi connectivity index (χ1) is 7.13. The van der Waals surface area contributed by atoms with Gasteiger partial charge >= 0.3 is 0 Å². The van der Waals surface area contributed by atoms with Crippen molar-refractivity contribution in [2.75, 3.05) is 4.90 Å². The molecule has 1 heterocycles. The quantitative estimate of drug-likeness (QED) is 0.685. The molecule has 0 atom stereocenters. The van der Waals surface area contributed by atoms with Gasteiger partial charge in [0.25, 0.3) is 11.8 Å². The Labute approximate surface area is 87.0 Å². The first-order valence-corrected chi connectivity index (χ1v) is 4.53. The Morgan fingerprint density at radius 3 is 2.13 bits per heavy atom. The molecular formula is C11H10N2O2. The third-order valence-electron chi connectivity index (χ3n) is 2.38. The maximum absolute atomic E-state index is 11.7. The van der Waals surface area contributed by atoms with Crippen LogP contribution in [0.2, 0.25) is 0 Å². The summed E-state index contributed by atoms with van der Waals surface area (Å²) < 4.78 is 0. The van der Waals surface area contributed by atoms with Crippen LogP contribution in [0.4, 0.5) is 5.69 Å². The van der Waals surface area contributed by atoms with E-state index in [-0.39, 0.29) is 11.6 Å². The fourth-order valence-corrected chi connectivity index (χ4v) is 1.47. The Morgan fingerprint density at radius 1 is 1.07 bits per heavy atom. The molecule has 76 valence electrons. The van der Waals surface area contributed by atoms with Crippen LogP contribution >= 0.6 is 0 Å². The topological polar surface area (TPSA) is 63.4 Å². The van der Waals surface area contributed by atoms with Crippen molar-refractivity contribution in [1.29, 1.82) is 0 Å². The van der Waals surface area contributed by atoms with Crippen LogP contribution in [0.3, 0.4) is 0 Å². The summed E-state index contributed by atoms with van der Waals surface area (Å²) in [6, 6.07) is 8.74. The zero-order valence-electron chi connectivity index (χ0n) is 8.23. The Morgan fingerprint density at radius 2 is 1.67 bits per heavy atom. The van der Waals surface area contributed by atoms with Gasteiger partial charge in [0.05, 0.1) is 5.69 Å². The van der Waals surface area contributed by atoms with Gasteiger partial charge in [-0.15, -0.1) is 0 Å². The number of para-hydroxylation sites is 1. The molecule has 2 rings (SSSR count). The average Bonchev–Trinajstić information content (AvgIpc) is 2.45. The molecule has 0 saturated heterocycles. The van der Waals surface area contributed by atoms with E-state index in [0.29, 0.717) is 11.3 Å². The highest BCUT2D eigenvalue weighted by Gasteiger charge is 2.35. The third-order valence-corrected chi connectivity index (χ3v) is 2.38. The van der Waals surface area contributed by atoms with Gasteiger partial charge in [-0.25, -0.2) is 4.90 Å². The molecule has 0 saturated carbocycles. The summed E-state index contributed by atoms with van der Waals surface area (Å²) in [7, 11) is 0. The second kappa shape index (κ2) is 3.24. The molecule has 1 aromatic rings. The van der Waals surface area contributed by atoms with Gasteiger partial charge in [-0.2, -0.15) is 0 Å². The summed E-state index contributed by atoms with van der Waals surface area (Å²) in [4.78, 5) is 24.4. The first-order valence-electron chi connectivity index (χ1n) is 4.53. The largest absolute Gasteiger partial charge is 0.394 e. The second-order valence-electron chi connectivity index (χ2n) is 3.32. The number of benzene rings is 1. The summed E-state index contributed by atoms with van der Waals surface area (Å²) in [6.45, 7) is 1.55. The summed E-state index contributed by atoms with van der Waals surface area (Å²) in [5.74, 6) is -0.785. The fourth-order valence-electron chi connectivity index (χ4n) is 1.47. The molecule has 15 heavy (non-hydrogen) atoms. The molecule has 4 heteroatoms. The maximum atomic E-state index is 11.7. The molecule has 2 amide bonds. The van der Waals surface area contributed by atoms with Crippen LogP contribution in [0.1, 0.15) is 6.92 Å². The molecule has 0 aliphatic carbocycles. The Balaban J connectivity index is 2.44. The summed E-state index contributed by atoms with van der Waals surface area (Å²) >= 11 is 0. The maximum Gasteiger partial charge on any atom is 0.281 e. The van der Waals surface area contributed by atoms with E-state index in [1.54, 1.807) is 31.2 Å². The number of hydrogen-bond donors (Lipinski definition) is 1. The molecule has 1 aromatic carbocycles. The minimum Gasteiger partial charge on any atom is -0.394 e. The van der Waals surface area contributed by atoms with E-state index in [1.165, 1.54) is 0 Å². The Kier molecular flexibility index (Phi) is 2.04. The van der Waals surface area contributed by atoms with Gasteiger partial charge < -0.3 is 5.73 Å². The molecule has 1 aliphatic heterocycles. The highest BCUT2D eigenvalue weighted by molar-refractivity contribution is 6.32. The molecule has 2 N–H and O–H groups in total. The van der Waals surface area contributed by atoms with E-state index < -0.39 is 5.91 Å². The van der Waals surface area contributed by atoms with Gasteiger partial charge in [-0.1, -0.05) is 18.2 Å². The lowest BCUT2D eigenvalue weighted by atomic mass is 10.2. The molecule has 1 aliphatic rings. The van der Waals surface area contributed by atoms with Crippen molar-refractivity contribution in [3.8, 4) is 0 Å². The predicted molar refractivity (Wildman–Crippen MR) is 55.8 cm³/mol. The molecule has 0 unspecified atom stereocenters. The molecule has 0 fully saturated rings. The minimum atomic E-state index is -0.441. The monoisotopic (exact) mass is 202 g/mol. The van der Waals surface area contributed by atoms with E-state index in [4.69, 9.17) is 5.73 Å². The van der Waals surface area contributed by atoms with Crippen molar-refractivity contribution in [1.82, 2.24) is 0 Å². The number of nitrogens with zero attached hydrogens (tertiary/aromatic N) is 1. The molecule has 0 radical (unpaired) electrons. The average molecular weight is 202 g/mol. The number of imide groups is 1. The number of nitrogens with two attached hydrogens (primary N) is 1. The van der Waals surface area contributed by atoms with Gasteiger partial charge in [0.15, 0.2) is 0 Å². The van der Waals surface area contributed by atoms with Gasteiger partial charge in [0.1, 0.15) is 5.70 Å². The SMILES string of the molecule is CC1=C(N)C(=O)N(c2ccccc2)C1=O. The third kappa shape index (κ3) is 1.30. The van der Waals surface area contributed by atoms with E-state index in [2.05, 4.69) is 0 Å². The number of rotatable bonds is 1. The molecule has 0 spiro atoms. The van der Waals surface area contributed by atoms with Gasteiger partial charge in [-0.05, 0) is 19.1 Å². The Hall–Kier alpha value is -2.10. The number of hydrogen-bond acceptors (Lipinski definition) is 3. The lowest BCUT2D eigenvalue weighted by molar-refractivity contribution is -0.120. The number of carbonyl (C=O) groups excluding carboxylic acids is 2. The van der Waals surface area contributed by atoms with Gasteiger partial charge in [-0.3, -0.25) is 9.59 Å².